The van der Waals surface area contributed by atoms with Crippen molar-refractivity contribution in [3.8, 4) is 0 Å². The van der Waals surface area contributed by atoms with E-state index in [4.69, 9.17) is 9.47 Å². The van der Waals surface area contributed by atoms with Gasteiger partial charge < -0.3 is 14.8 Å². The van der Waals surface area contributed by atoms with Crippen LogP contribution >= 0.6 is 11.3 Å². The van der Waals surface area contributed by atoms with Gasteiger partial charge in [0.1, 0.15) is 0 Å². The third-order valence-electron chi connectivity index (χ3n) is 4.39. The van der Waals surface area contributed by atoms with Gasteiger partial charge >= 0.3 is 0 Å². The van der Waals surface area contributed by atoms with E-state index in [1.54, 1.807) is 11.3 Å². The maximum Gasteiger partial charge on any atom is 0.168 e. The topological polar surface area (TPSA) is 30.5 Å². The fourth-order valence-corrected chi connectivity index (χ4v) is 3.85. The molecule has 2 heterocycles. The Bertz CT molecular complexity index is 377. The average molecular weight is 281 g/mol. The Morgan fingerprint density at radius 2 is 2.11 bits per heavy atom. The quantitative estimate of drug-likeness (QED) is 0.920. The van der Waals surface area contributed by atoms with E-state index in [9.17, 15) is 0 Å². The largest absolute Gasteiger partial charge is 0.348 e. The molecule has 1 atom stereocenters. The SMILES string of the molecule is CC(CNC1CCC2(CC1)OCCO2)c1ccsc1. The van der Waals surface area contributed by atoms with Crippen LogP contribution in [0.1, 0.15) is 44.1 Å². The summed E-state index contributed by atoms with van der Waals surface area (Å²) >= 11 is 1.78. The predicted molar refractivity (Wildman–Crippen MR) is 77.6 cm³/mol. The second-order valence-corrected chi connectivity index (χ2v) is 6.53. The van der Waals surface area contributed by atoms with E-state index in [1.165, 1.54) is 5.56 Å². The molecule has 4 heteroatoms. The fourth-order valence-electron chi connectivity index (χ4n) is 3.06. The Hall–Kier alpha value is -0.420. The van der Waals surface area contributed by atoms with E-state index in [1.807, 2.05) is 0 Å². The van der Waals surface area contributed by atoms with Gasteiger partial charge in [0.15, 0.2) is 5.79 Å². The molecule has 3 rings (SSSR count). The minimum Gasteiger partial charge on any atom is -0.348 e. The number of ether oxygens (including phenoxy) is 2. The zero-order valence-corrected chi connectivity index (χ0v) is 12.4. The third-order valence-corrected chi connectivity index (χ3v) is 5.09. The summed E-state index contributed by atoms with van der Waals surface area (Å²) in [5.74, 6) is 0.373. The van der Waals surface area contributed by atoms with Crippen LogP contribution < -0.4 is 5.32 Å². The van der Waals surface area contributed by atoms with Crippen molar-refractivity contribution in [3.05, 3.63) is 22.4 Å². The molecule has 2 aliphatic rings. The van der Waals surface area contributed by atoms with Crippen LogP contribution in [0, 0.1) is 0 Å². The molecule has 0 bridgehead atoms. The van der Waals surface area contributed by atoms with Gasteiger partial charge in [0.2, 0.25) is 0 Å². The third kappa shape index (κ3) is 3.19. The molecule has 19 heavy (non-hydrogen) atoms. The number of rotatable bonds is 4. The molecule has 3 nitrogen and oxygen atoms in total. The summed E-state index contributed by atoms with van der Waals surface area (Å²) in [5.41, 5.74) is 1.45. The van der Waals surface area contributed by atoms with Crippen molar-refractivity contribution in [1.82, 2.24) is 5.32 Å². The summed E-state index contributed by atoms with van der Waals surface area (Å²) in [6.07, 6.45) is 4.40. The predicted octanol–water partition coefficient (Wildman–Crippen LogP) is 3.13. The van der Waals surface area contributed by atoms with Crippen LogP contribution in [0.15, 0.2) is 16.8 Å². The molecule has 0 amide bonds. The Balaban J connectivity index is 1.42. The van der Waals surface area contributed by atoms with Crippen LogP contribution in [0.5, 0.6) is 0 Å². The van der Waals surface area contributed by atoms with E-state index in [0.29, 0.717) is 12.0 Å². The van der Waals surface area contributed by atoms with Crippen molar-refractivity contribution in [2.45, 2.75) is 50.4 Å². The monoisotopic (exact) mass is 281 g/mol. The van der Waals surface area contributed by atoms with Gasteiger partial charge in [-0.05, 0) is 41.1 Å². The molecular formula is C15H23NO2S. The first-order valence-corrected chi connectivity index (χ1v) is 8.25. The number of nitrogens with one attached hydrogen (secondary N) is 1. The second kappa shape index (κ2) is 5.92. The first kappa shape index (κ1) is 13.6. The van der Waals surface area contributed by atoms with Crippen LogP contribution in [-0.4, -0.2) is 31.6 Å². The van der Waals surface area contributed by atoms with Gasteiger partial charge in [0.05, 0.1) is 13.2 Å². The molecule has 0 aromatic carbocycles. The molecule has 106 valence electrons. The molecule has 1 unspecified atom stereocenters. The molecule has 1 saturated heterocycles. The highest BCUT2D eigenvalue weighted by atomic mass is 32.1. The van der Waals surface area contributed by atoms with E-state index in [2.05, 4.69) is 29.1 Å². The average Bonchev–Trinajstić information content (AvgIpc) is 3.09. The highest BCUT2D eigenvalue weighted by Gasteiger charge is 2.40. The van der Waals surface area contributed by atoms with Crippen molar-refractivity contribution in [1.29, 1.82) is 0 Å². The lowest BCUT2D eigenvalue weighted by Crippen LogP contribution is -2.42. The van der Waals surface area contributed by atoms with Crippen LogP contribution in [0.4, 0.5) is 0 Å². The minimum atomic E-state index is -0.225. The summed E-state index contributed by atoms with van der Waals surface area (Å²) in [6, 6.07) is 2.85. The van der Waals surface area contributed by atoms with Gasteiger partial charge in [-0.1, -0.05) is 6.92 Å². The Labute approximate surface area is 119 Å². The Morgan fingerprint density at radius 1 is 1.37 bits per heavy atom. The molecule has 1 N–H and O–H groups in total. The standard InChI is InChI=1S/C15H23NO2S/c1-12(13-4-9-19-11-13)10-16-14-2-5-15(6-3-14)17-7-8-18-15/h4,9,11-12,14,16H,2-3,5-8,10H2,1H3. The minimum absolute atomic E-state index is 0.225. The van der Waals surface area contributed by atoms with E-state index in [0.717, 1.165) is 45.4 Å². The molecule has 1 aliphatic carbocycles. The summed E-state index contributed by atoms with van der Waals surface area (Å²) < 4.78 is 11.5. The fraction of sp³-hybridized carbons (Fsp3) is 0.733. The smallest absolute Gasteiger partial charge is 0.168 e. The lowest BCUT2D eigenvalue weighted by molar-refractivity contribution is -0.179. The molecule has 1 saturated carbocycles. The van der Waals surface area contributed by atoms with Crippen LogP contribution in [0.3, 0.4) is 0 Å². The molecule has 1 aromatic heterocycles. The first-order chi connectivity index (χ1) is 9.27. The van der Waals surface area contributed by atoms with E-state index < -0.39 is 0 Å². The summed E-state index contributed by atoms with van der Waals surface area (Å²) in [5, 5.41) is 8.12. The highest BCUT2D eigenvalue weighted by Crippen LogP contribution is 2.35. The van der Waals surface area contributed by atoms with Crippen LogP contribution in [0.2, 0.25) is 0 Å². The summed E-state index contributed by atoms with van der Waals surface area (Å²) in [4.78, 5) is 0. The van der Waals surface area contributed by atoms with Gasteiger partial charge in [-0.15, -0.1) is 0 Å². The maximum atomic E-state index is 5.77. The van der Waals surface area contributed by atoms with Gasteiger partial charge in [0.25, 0.3) is 0 Å². The molecule has 2 fully saturated rings. The molecule has 1 spiro atoms. The van der Waals surface area contributed by atoms with Crippen molar-refractivity contribution < 1.29 is 9.47 Å². The number of hydrogen-bond acceptors (Lipinski definition) is 4. The van der Waals surface area contributed by atoms with Gasteiger partial charge in [-0.2, -0.15) is 11.3 Å². The lowest BCUT2D eigenvalue weighted by Gasteiger charge is -2.36. The van der Waals surface area contributed by atoms with Crippen molar-refractivity contribution in [2.75, 3.05) is 19.8 Å². The van der Waals surface area contributed by atoms with Gasteiger partial charge in [-0.25, -0.2) is 0 Å². The summed E-state index contributed by atoms with van der Waals surface area (Å²) in [6.45, 7) is 4.90. The Kier molecular flexibility index (Phi) is 4.22. The van der Waals surface area contributed by atoms with E-state index in [-0.39, 0.29) is 5.79 Å². The number of hydrogen-bond donors (Lipinski definition) is 1. The van der Waals surface area contributed by atoms with Gasteiger partial charge in [-0.3, -0.25) is 0 Å². The lowest BCUT2D eigenvalue weighted by atomic mass is 9.89. The highest BCUT2D eigenvalue weighted by molar-refractivity contribution is 7.07. The zero-order valence-electron chi connectivity index (χ0n) is 11.6. The normalized spacial score (nSPS) is 24.9. The second-order valence-electron chi connectivity index (χ2n) is 5.75. The summed E-state index contributed by atoms with van der Waals surface area (Å²) in [7, 11) is 0. The molecule has 1 aliphatic heterocycles. The maximum absolute atomic E-state index is 5.77. The molecular weight excluding hydrogens is 258 g/mol. The zero-order chi connectivity index (χ0) is 13.1. The molecule has 1 aromatic rings. The van der Waals surface area contributed by atoms with Gasteiger partial charge in [0, 0.05) is 25.4 Å². The van der Waals surface area contributed by atoms with Crippen LogP contribution in [-0.2, 0) is 9.47 Å². The van der Waals surface area contributed by atoms with Crippen molar-refractivity contribution in [2.24, 2.45) is 0 Å². The Morgan fingerprint density at radius 3 is 2.74 bits per heavy atom. The van der Waals surface area contributed by atoms with Crippen molar-refractivity contribution in [3.63, 3.8) is 0 Å². The van der Waals surface area contributed by atoms with Crippen molar-refractivity contribution >= 4 is 11.3 Å². The molecule has 0 radical (unpaired) electrons. The van der Waals surface area contributed by atoms with E-state index >= 15 is 0 Å². The first-order valence-electron chi connectivity index (χ1n) is 7.31. The number of thiophene rings is 1. The van der Waals surface area contributed by atoms with Crippen LogP contribution in [0.25, 0.3) is 0 Å².